The summed E-state index contributed by atoms with van der Waals surface area (Å²) >= 11 is 0. The number of methoxy groups -OCH3 is 1. The number of nitrogens with zero attached hydrogens (tertiary/aromatic N) is 3. The minimum atomic E-state index is -0.428. The topological polar surface area (TPSA) is 97.7 Å². The van der Waals surface area contributed by atoms with Crippen molar-refractivity contribution >= 4 is 23.0 Å². The van der Waals surface area contributed by atoms with Crippen molar-refractivity contribution in [3.05, 3.63) is 30.1 Å². The summed E-state index contributed by atoms with van der Waals surface area (Å²) in [5, 5.41) is 7.02. The number of fused-ring (bicyclic) bond motifs is 1. The van der Waals surface area contributed by atoms with Crippen molar-refractivity contribution in [2.75, 3.05) is 33.4 Å². The summed E-state index contributed by atoms with van der Waals surface area (Å²) in [5.74, 6) is 0.0641. The standard InChI is InChI=1S/C22H31N5O4/c1-15(27(16-6-7-16)21(28)19-13-23-10-12-31-19)18-14-26(11-4-9-25-22(29)30-2)20-17(18)5-3-8-24-20/h3,5,8,14-16,19,23H,4,6-7,9-13H2,1-2H3,(H,25,29)/t15-,19?/m0/s1. The summed E-state index contributed by atoms with van der Waals surface area (Å²) in [5.41, 5.74) is 1.98. The number of hydrogen-bond acceptors (Lipinski definition) is 6. The van der Waals surface area contributed by atoms with Crippen LogP contribution < -0.4 is 10.6 Å². The molecule has 31 heavy (non-hydrogen) atoms. The Balaban J connectivity index is 1.54. The van der Waals surface area contributed by atoms with E-state index >= 15 is 0 Å². The Morgan fingerprint density at radius 1 is 1.45 bits per heavy atom. The zero-order valence-corrected chi connectivity index (χ0v) is 18.2. The predicted molar refractivity (Wildman–Crippen MR) is 116 cm³/mol. The largest absolute Gasteiger partial charge is 0.453 e. The molecule has 1 aliphatic carbocycles. The van der Waals surface area contributed by atoms with E-state index in [0.717, 1.165) is 42.4 Å². The molecule has 168 valence electrons. The van der Waals surface area contributed by atoms with Gasteiger partial charge in [-0.25, -0.2) is 9.78 Å². The first-order chi connectivity index (χ1) is 15.1. The van der Waals surface area contributed by atoms with E-state index in [1.807, 2.05) is 11.0 Å². The SMILES string of the molecule is COC(=O)NCCCn1cc([C@H](C)N(C(=O)C2CNCCO2)C2CC2)c2cccnc21. The normalized spacial score (nSPS) is 19.7. The first kappa shape index (κ1) is 21.6. The minimum absolute atomic E-state index is 0.0641. The third-order valence-corrected chi connectivity index (χ3v) is 5.96. The highest BCUT2D eigenvalue weighted by Gasteiger charge is 2.40. The van der Waals surface area contributed by atoms with Gasteiger partial charge >= 0.3 is 6.09 Å². The molecule has 9 heteroatoms. The van der Waals surface area contributed by atoms with Crippen LogP contribution in [0.2, 0.25) is 0 Å². The van der Waals surface area contributed by atoms with E-state index in [-0.39, 0.29) is 18.0 Å². The number of morpholine rings is 1. The van der Waals surface area contributed by atoms with E-state index < -0.39 is 12.2 Å². The van der Waals surface area contributed by atoms with Gasteiger partial charge in [0.15, 0.2) is 0 Å². The molecule has 0 spiro atoms. The molecule has 9 nitrogen and oxygen atoms in total. The van der Waals surface area contributed by atoms with Crippen molar-refractivity contribution in [2.45, 2.75) is 50.9 Å². The van der Waals surface area contributed by atoms with Gasteiger partial charge in [0, 0.05) is 55.6 Å². The Morgan fingerprint density at radius 2 is 2.29 bits per heavy atom. The second-order valence-corrected chi connectivity index (χ2v) is 8.14. The van der Waals surface area contributed by atoms with Crippen LogP contribution in [-0.4, -0.2) is 71.9 Å². The van der Waals surface area contributed by atoms with E-state index in [9.17, 15) is 9.59 Å². The average molecular weight is 430 g/mol. The quantitative estimate of drug-likeness (QED) is 0.622. The van der Waals surface area contributed by atoms with Crippen LogP contribution in [0, 0.1) is 0 Å². The molecule has 1 unspecified atom stereocenters. The molecule has 2 fully saturated rings. The molecule has 2 amide bonds. The van der Waals surface area contributed by atoms with Gasteiger partial charge in [0.1, 0.15) is 11.8 Å². The van der Waals surface area contributed by atoms with Crippen molar-refractivity contribution < 1.29 is 19.1 Å². The lowest BCUT2D eigenvalue weighted by molar-refractivity contribution is -0.148. The predicted octanol–water partition coefficient (Wildman–Crippen LogP) is 1.82. The van der Waals surface area contributed by atoms with Crippen LogP contribution in [0.15, 0.2) is 24.5 Å². The Bertz CT molecular complexity index is 920. The number of nitrogens with one attached hydrogen (secondary N) is 2. The Morgan fingerprint density at radius 3 is 3.00 bits per heavy atom. The van der Waals surface area contributed by atoms with Gasteiger partial charge in [-0.05, 0) is 38.3 Å². The highest BCUT2D eigenvalue weighted by atomic mass is 16.5. The monoisotopic (exact) mass is 429 g/mol. The van der Waals surface area contributed by atoms with Crippen molar-refractivity contribution in [2.24, 2.45) is 0 Å². The molecular weight excluding hydrogens is 398 g/mol. The minimum Gasteiger partial charge on any atom is -0.453 e. The zero-order chi connectivity index (χ0) is 21.8. The van der Waals surface area contributed by atoms with Gasteiger partial charge in [0.2, 0.25) is 0 Å². The molecule has 1 aliphatic heterocycles. The van der Waals surface area contributed by atoms with Crippen LogP contribution in [0.25, 0.3) is 11.0 Å². The van der Waals surface area contributed by atoms with Gasteiger partial charge in [0.05, 0.1) is 19.8 Å². The van der Waals surface area contributed by atoms with Gasteiger partial charge in [-0.15, -0.1) is 0 Å². The molecule has 0 bridgehead atoms. The van der Waals surface area contributed by atoms with Gasteiger partial charge in [-0.1, -0.05) is 0 Å². The summed E-state index contributed by atoms with van der Waals surface area (Å²) in [6.07, 6.45) is 5.85. The second kappa shape index (κ2) is 9.65. The summed E-state index contributed by atoms with van der Waals surface area (Å²) in [6.45, 7) is 5.22. The molecule has 2 N–H and O–H groups in total. The van der Waals surface area contributed by atoms with E-state index in [1.165, 1.54) is 7.11 Å². The first-order valence-corrected chi connectivity index (χ1v) is 11.0. The van der Waals surface area contributed by atoms with Crippen LogP contribution in [0.5, 0.6) is 0 Å². The number of hydrogen-bond donors (Lipinski definition) is 2. The molecule has 1 saturated carbocycles. The first-order valence-electron chi connectivity index (χ1n) is 11.0. The Hall–Kier alpha value is -2.65. The van der Waals surface area contributed by atoms with Crippen LogP contribution in [0.4, 0.5) is 4.79 Å². The van der Waals surface area contributed by atoms with E-state index in [4.69, 9.17) is 4.74 Å². The molecule has 0 aromatic carbocycles. The van der Waals surface area contributed by atoms with Gasteiger partial charge < -0.3 is 29.6 Å². The van der Waals surface area contributed by atoms with Gasteiger partial charge in [-0.3, -0.25) is 4.79 Å². The number of ether oxygens (including phenoxy) is 2. The maximum atomic E-state index is 13.3. The molecule has 2 atom stereocenters. The molecule has 2 aromatic heterocycles. The lowest BCUT2D eigenvalue weighted by Crippen LogP contribution is -2.50. The Labute approximate surface area is 182 Å². The van der Waals surface area contributed by atoms with Gasteiger partial charge in [-0.2, -0.15) is 0 Å². The lowest BCUT2D eigenvalue weighted by Gasteiger charge is -2.34. The number of rotatable bonds is 8. The average Bonchev–Trinajstić information content (AvgIpc) is 3.57. The molecule has 0 radical (unpaired) electrons. The maximum absolute atomic E-state index is 13.3. The van der Waals surface area contributed by atoms with Crippen LogP contribution in [-0.2, 0) is 20.8 Å². The fourth-order valence-electron chi connectivity index (χ4n) is 4.25. The summed E-state index contributed by atoms with van der Waals surface area (Å²) in [4.78, 5) is 31.2. The number of aryl methyl sites for hydroxylation is 1. The zero-order valence-electron chi connectivity index (χ0n) is 18.2. The second-order valence-electron chi connectivity index (χ2n) is 8.14. The summed E-state index contributed by atoms with van der Waals surface area (Å²) < 4.78 is 12.5. The van der Waals surface area contributed by atoms with Crippen LogP contribution in [0.1, 0.15) is 37.8 Å². The van der Waals surface area contributed by atoms with Crippen LogP contribution >= 0.6 is 0 Å². The number of alkyl carbamates (subject to hydrolysis) is 1. The lowest BCUT2D eigenvalue weighted by atomic mass is 10.1. The fraction of sp³-hybridized carbons (Fsp3) is 0.591. The third kappa shape index (κ3) is 4.83. The van der Waals surface area contributed by atoms with Crippen molar-refractivity contribution in [3.63, 3.8) is 0 Å². The smallest absolute Gasteiger partial charge is 0.406 e. The number of carbonyl (C=O) groups is 2. The highest BCUT2D eigenvalue weighted by molar-refractivity contribution is 5.85. The van der Waals surface area contributed by atoms with E-state index in [2.05, 4.69) is 44.1 Å². The van der Waals surface area contributed by atoms with Crippen molar-refractivity contribution in [3.8, 4) is 0 Å². The molecular formula is C22H31N5O4. The third-order valence-electron chi connectivity index (χ3n) is 5.96. The molecule has 3 heterocycles. The summed E-state index contributed by atoms with van der Waals surface area (Å²) in [7, 11) is 1.35. The fourth-order valence-corrected chi connectivity index (χ4v) is 4.25. The van der Waals surface area contributed by atoms with Gasteiger partial charge in [0.25, 0.3) is 5.91 Å². The molecule has 4 rings (SSSR count). The van der Waals surface area contributed by atoms with Crippen molar-refractivity contribution in [1.82, 2.24) is 25.1 Å². The molecule has 2 aliphatic rings. The highest BCUT2D eigenvalue weighted by Crippen LogP contribution is 2.37. The molecule has 2 aromatic rings. The number of carbonyl (C=O) groups excluding carboxylic acids is 2. The van der Waals surface area contributed by atoms with E-state index in [1.54, 1.807) is 6.20 Å². The number of amides is 2. The van der Waals surface area contributed by atoms with E-state index in [0.29, 0.717) is 26.2 Å². The van der Waals surface area contributed by atoms with Crippen molar-refractivity contribution in [1.29, 1.82) is 0 Å². The number of aromatic nitrogens is 2. The molecule has 1 saturated heterocycles. The summed E-state index contributed by atoms with van der Waals surface area (Å²) in [6, 6.07) is 4.18. The van der Waals surface area contributed by atoms with Crippen LogP contribution in [0.3, 0.4) is 0 Å². The Kier molecular flexibility index (Phi) is 6.72. The number of pyridine rings is 1. The maximum Gasteiger partial charge on any atom is 0.406 e.